The number of rotatable bonds is 3. The number of carbonyl (C=O) groups is 2. The minimum absolute atomic E-state index is 0.0624. The summed E-state index contributed by atoms with van der Waals surface area (Å²) in [6, 6.07) is 0. The van der Waals surface area contributed by atoms with Crippen LogP contribution in [0.2, 0.25) is 0 Å². The summed E-state index contributed by atoms with van der Waals surface area (Å²) in [5, 5.41) is 2.41. The second-order valence-corrected chi connectivity index (χ2v) is 5.12. The molecule has 1 aliphatic heterocycles. The van der Waals surface area contributed by atoms with Gasteiger partial charge < -0.3 is 0 Å². The van der Waals surface area contributed by atoms with E-state index >= 15 is 0 Å². The smallest absolute Gasteiger partial charge is 0.242 e. The molecule has 1 N–H and O–H groups in total. The maximum Gasteiger partial charge on any atom is 0.242 e. The summed E-state index contributed by atoms with van der Waals surface area (Å²) in [7, 11) is 0. The van der Waals surface area contributed by atoms with E-state index in [0.29, 0.717) is 0 Å². The highest BCUT2D eigenvalue weighted by atomic mass is 32.2. The number of hydrogen-bond donors (Lipinski definition) is 1. The standard InChI is InChI=1S/C10H17NO2S/c1-4-7-8(12)11-9(13)10(5-2,6-3)14-7/h7H,4-6H2,1-3H3,(H,11,12,13)/t7-/m1/s1. The molecular weight excluding hydrogens is 198 g/mol. The van der Waals surface area contributed by atoms with E-state index in [-0.39, 0.29) is 21.8 Å². The largest absolute Gasteiger partial charge is 0.294 e. The Kier molecular flexibility index (Phi) is 3.59. The molecule has 1 saturated heterocycles. The number of imide groups is 1. The van der Waals surface area contributed by atoms with Crippen LogP contribution in [0.15, 0.2) is 0 Å². The van der Waals surface area contributed by atoms with Crippen LogP contribution >= 0.6 is 11.8 Å². The van der Waals surface area contributed by atoms with Crippen molar-refractivity contribution in [2.24, 2.45) is 0 Å². The van der Waals surface area contributed by atoms with Crippen molar-refractivity contribution in [2.75, 3.05) is 0 Å². The van der Waals surface area contributed by atoms with Crippen LogP contribution in [0.5, 0.6) is 0 Å². The zero-order chi connectivity index (χ0) is 10.8. The van der Waals surface area contributed by atoms with Gasteiger partial charge in [0, 0.05) is 0 Å². The molecule has 1 atom stereocenters. The predicted molar refractivity (Wildman–Crippen MR) is 58.1 cm³/mol. The molecule has 0 aromatic carbocycles. The third kappa shape index (κ3) is 1.80. The maximum atomic E-state index is 11.7. The lowest BCUT2D eigenvalue weighted by Gasteiger charge is -2.36. The Morgan fingerprint density at radius 2 is 1.86 bits per heavy atom. The van der Waals surface area contributed by atoms with Gasteiger partial charge >= 0.3 is 0 Å². The van der Waals surface area contributed by atoms with E-state index in [4.69, 9.17) is 0 Å². The zero-order valence-electron chi connectivity index (χ0n) is 8.92. The number of carbonyl (C=O) groups excluding carboxylic acids is 2. The molecule has 14 heavy (non-hydrogen) atoms. The van der Waals surface area contributed by atoms with Crippen LogP contribution in [0.25, 0.3) is 0 Å². The third-order valence-corrected chi connectivity index (χ3v) is 4.87. The minimum atomic E-state index is -0.380. The van der Waals surface area contributed by atoms with Gasteiger partial charge in [-0.2, -0.15) is 0 Å². The molecule has 3 nitrogen and oxygen atoms in total. The fraction of sp³-hybridized carbons (Fsp3) is 0.800. The molecule has 0 radical (unpaired) electrons. The van der Waals surface area contributed by atoms with Gasteiger partial charge in [0.25, 0.3) is 0 Å². The second-order valence-electron chi connectivity index (χ2n) is 3.53. The summed E-state index contributed by atoms with van der Waals surface area (Å²) in [6.45, 7) is 5.97. The SMILES string of the molecule is CC[C@H]1SC(CC)(CC)C(=O)NC1=O. The van der Waals surface area contributed by atoms with Crippen molar-refractivity contribution in [1.29, 1.82) is 0 Å². The van der Waals surface area contributed by atoms with E-state index < -0.39 is 0 Å². The van der Waals surface area contributed by atoms with Gasteiger partial charge in [-0.1, -0.05) is 20.8 Å². The molecule has 4 heteroatoms. The second kappa shape index (κ2) is 4.34. The highest BCUT2D eigenvalue weighted by molar-refractivity contribution is 8.02. The highest BCUT2D eigenvalue weighted by Gasteiger charge is 2.44. The van der Waals surface area contributed by atoms with Gasteiger partial charge in [0.05, 0.1) is 10.00 Å². The highest BCUT2D eigenvalue weighted by Crippen LogP contribution is 2.39. The molecule has 0 aromatic rings. The van der Waals surface area contributed by atoms with Crippen molar-refractivity contribution in [2.45, 2.75) is 50.0 Å². The molecular formula is C10H17NO2S. The van der Waals surface area contributed by atoms with Gasteiger partial charge in [-0.05, 0) is 19.3 Å². The molecule has 2 amide bonds. The van der Waals surface area contributed by atoms with Gasteiger partial charge in [-0.25, -0.2) is 0 Å². The molecule has 0 bridgehead atoms. The Balaban J connectivity index is 2.87. The first-order chi connectivity index (χ1) is 6.59. The molecule has 0 spiro atoms. The quantitative estimate of drug-likeness (QED) is 0.729. The summed E-state index contributed by atoms with van der Waals surface area (Å²) < 4.78 is -0.380. The van der Waals surface area contributed by atoms with Crippen LogP contribution < -0.4 is 5.32 Å². The van der Waals surface area contributed by atoms with Gasteiger partial charge in [-0.15, -0.1) is 11.8 Å². The van der Waals surface area contributed by atoms with Crippen molar-refractivity contribution in [3.05, 3.63) is 0 Å². The first kappa shape index (κ1) is 11.6. The molecule has 1 aliphatic rings. The summed E-state index contributed by atoms with van der Waals surface area (Å²) in [5.74, 6) is -0.234. The fourth-order valence-corrected chi connectivity index (χ4v) is 3.06. The number of hydrogen-bond acceptors (Lipinski definition) is 3. The molecule has 0 aliphatic carbocycles. The van der Waals surface area contributed by atoms with E-state index in [1.54, 1.807) is 0 Å². The molecule has 0 unspecified atom stereocenters. The lowest BCUT2D eigenvalue weighted by molar-refractivity contribution is -0.132. The molecule has 0 aromatic heterocycles. The molecule has 1 fully saturated rings. The Labute approximate surface area is 89.0 Å². The van der Waals surface area contributed by atoms with Crippen LogP contribution in [0.4, 0.5) is 0 Å². The molecule has 0 saturated carbocycles. The van der Waals surface area contributed by atoms with Crippen LogP contribution in [0.1, 0.15) is 40.0 Å². The predicted octanol–water partition coefficient (Wildman–Crippen LogP) is 1.71. The molecule has 1 rings (SSSR count). The van der Waals surface area contributed by atoms with Crippen molar-refractivity contribution in [3.8, 4) is 0 Å². The van der Waals surface area contributed by atoms with Crippen molar-refractivity contribution in [1.82, 2.24) is 5.32 Å². The average Bonchev–Trinajstić information content (AvgIpc) is 2.19. The number of nitrogens with one attached hydrogen (secondary N) is 1. The number of amides is 2. The first-order valence-electron chi connectivity index (χ1n) is 5.12. The van der Waals surface area contributed by atoms with E-state index in [1.807, 2.05) is 20.8 Å². The first-order valence-corrected chi connectivity index (χ1v) is 6.00. The Morgan fingerprint density at radius 1 is 1.29 bits per heavy atom. The van der Waals surface area contributed by atoms with Gasteiger partial charge in [-0.3, -0.25) is 14.9 Å². The van der Waals surface area contributed by atoms with Gasteiger partial charge in [0.2, 0.25) is 11.8 Å². The van der Waals surface area contributed by atoms with Crippen LogP contribution in [-0.4, -0.2) is 21.8 Å². The van der Waals surface area contributed by atoms with Crippen molar-refractivity contribution in [3.63, 3.8) is 0 Å². The van der Waals surface area contributed by atoms with E-state index in [9.17, 15) is 9.59 Å². The molecule has 80 valence electrons. The van der Waals surface area contributed by atoms with E-state index in [1.165, 1.54) is 11.8 Å². The maximum absolute atomic E-state index is 11.7. The zero-order valence-corrected chi connectivity index (χ0v) is 9.74. The molecule has 1 heterocycles. The normalized spacial score (nSPS) is 26.1. The minimum Gasteiger partial charge on any atom is -0.294 e. The third-order valence-electron chi connectivity index (χ3n) is 2.82. The van der Waals surface area contributed by atoms with E-state index in [0.717, 1.165) is 19.3 Å². The van der Waals surface area contributed by atoms with Crippen LogP contribution in [-0.2, 0) is 9.59 Å². The Bertz CT molecular complexity index is 249. The van der Waals surface area contributed by atoms with Crippen LogP contribution in [0.3, 0.4) is 0 Å². The van der Waals surface area contributed by atoms with E-state index in [2.05, 4.69) is 5.32 Å². The fourth-order valence-electron chi connectivity index (χ4n) is 1.69. The summed E-state index contributed by atoms with van der Waals surface area (Å²) >= 11 is 1.53. The van der Waals surface area contributed by atoms with Crippen LogP contribution in [0, 0.1) is 0 Å². The summed E-state index contributed by atoms with van der Waals surface area (Å²) in [4.78, 5) is 23.1. The van der Waals surface area contributed by atoms with Gasteiger partial charge in [0.1, 0.15) is 0 Å². The van der Waals surface area contributed by atoms with Crippen molar-refractivity contribution >= 4 is 23.6 Å². The topological polar surface area (TPSA) is 46.2 Å². The van der Waals surface area contributed by atoms with Crippen molar-refractivity contribution < 1.29 is 9.59 Å². The summed E-state index contributed by atoms with van der Waals surface area (Å²) in [6.07, 6.45) is 2.35. The Hall–Kier alpha value is -0.510. The lowest BCUT2D eigenvalue weighted by atomic mass is 10.0. The lowest BCUT2D eigenvalue weighted by Crippen LogP contribution is -2.55. The monoisotopic (exact) mass is 215 g/mol. The Morgan fingerprint density at radius 3 is 2.29 bits per heavy atom. The van der Waals surface area contributed by atoms with Gasteiger partial charge in [0.15, 0.2) is 0 Å². The average molecular weight is 215 g/mol. The summed E-state index contributed by atoms with van der Waals surface area (Å²) in [5.41, 5.74) is 0. The number of thioether (sulfide) groups is 1.